The largest absolute Gasteiger partial charge is 0.478 e. The summed E-state index contributed by atoms with van der Waals surface area (Å²) >= 11 is 5.91. The van der Waals surface area contributed by atoms with Crippen LogP contribution in [0.3, 0.4) is 0 Å². The van der Waals surface area contributed by atoms with Crippen LogP contribution in [0.25, 0.3) is 0 Å². The smallest absolute Gasteiger partial charge is 0.345 e. The van der Waals surface area contributed by atoms with Crippen LogP contribution >= 0.6 is 11.6 Å². The van der Waals surface area contributed by atoms with Crippen LogP contribution in [-0.2, 0) is 11.2 Å². The maximum atomic E-state index is 11.4. The molecule has 0 bridgehead atoms. The van der Waals surface area contributed by atoms with Crippen LogP contribution in [0.2, 0.25) is 5.02 Å². The second-order valence-corrected chi connectivity index (χ2v) is 5.47. The van der Waals surface area contributed by atoms with Crippen molar-refractivity contribution < 1.29 is 14.6 Å². The van der Waals surface area contributed by atoms with Crippen molar-refractivity contribution in [2.75, 3.05) is 0 Å². The first-order chi connectivity index (χ1) is 9.95. The van der Waals surface area contributed by atoms with E-state index in [-0.39, 0.29) is 0 Å². The van der Waals surface area contributed by atoms with E-state index >= 15 is 0 Å². The van der Waals surface area contributed by atoms with Gasteiger partial charge in [-0.15, -0.1) is 0 Å². The summed E-state index contributed by atoms with van der Waals surface area (Å²) in [6.45, 7) is 3.88. The number of rotatable bonds is 5. The number of carboxylic acids is 1. The Bertz CT molecular complexity index is 635. The van der Waals surface area contributed by atoms with Crippen molar-refractivity contribution in [2.45, 2.75) is 26.4 Å². The second kappa shape index (κ2) is 6.64. The topological polar surface area (TPSA) is 46.5 Å². The molecule has 0 aliphatic heterocycles. The van der Waals surface area contributed by atoms with Crippen molar-refractivity contribution in [2.24, 2.45) is 0 Å². The molecule has 4 heteroatoms. The number of ether oxygens (including phenoxy) is 1. The quantitative estimate of drug-likeness (QED) is 0.907. The third-order valence-electron chi connectivity index (χ3n) is 3.28. The van der Waals surface area contributed by atoms with Crippen molar-refractivity contribution in [3.8, 4) is 5.75 Å². The molecule has 0 saturated carbocycles. The van der Waals surface area contributed by atoms with Crippen molar-refractivity contribution in [1.82, 2.24) is 0 Å². The van der Waals surface area contributed by atoms with Crippen molar-refractivity contribution in [1.29, 1.82) is 0 Å². The highest BCUT2D eigenvalue weighted by atomic mass is 35.5. The van der Waals surface area contributed by atoms with E-state index in [1.54, 1.807) is 18.2 Å². The third kappa shape index (κ3) is 4.23. The van der Waals surface area contributed by atoms with Crippen molar-refractivity contribution in [3.05, 3.63) is 64.2 Å². The molecule has 0 aliphatic carbocycles. The average molecular weight is 305 g/mol. The molecule has 0 unspecified atom stereocenters. The fourth-order valence-electron chi connectivity index (χ4n) is 2.05. The Kier molecular flexibility index (Phi) is 4.86. The molecular formula is C17H17ClO3. The molecule has 21 heavy (non-hydrogen) atoms. The van der Waals surface area contributed by atoms with E-state index in [0.29, 0.717) is 17.2 Å². The lowest BCUT2D eigenvalue weighted by atomic mass is 10.0. The van der Waals surface area contributed by atoms with Gasteiger partial charge in [0.2, 0.25) is 0 Å². The zero-order valence-corrected chi connectivity index (χ0v) is 12.7. The zero-order chi connectivity index (χ0) is 15.4. The van der Waals surface area contributed by atoms with Gasteiger partial charge >= 0.3 is 5.97 Å². The van der Waals surface area contributed by atoms with Gasteiger partial charge in [-0.2, -0.15) is 0 Å². The third-order valence-corrected chi connectivity index (χ3v) is 3.52. The van der Waals surface area contributed by atoms with Gasteiger partial charge < -0.3 is 9.84 Å². The first-order valence-corrected chi connectivity index (χ1v) is 7.04. The number of benzene rings is 2. The number of carboxylic acid groups (broad SMARTS) is 1. The van der Waals surface area contributed by atoms with E-state index in [1.165, 1.54) is 0 Å². The summed E-state index contributed by atoms with van der Waals surface area (Å²) in [5.41, 5.74) is 2.97. The standard InChI is InChI=1S/C17H17ClO3/c1-11-3-7-15(8-4-11)21-16(17(19)20)10-13-5-6-14(18)9-12(13)2/h3-9,16H,10H2,1-2H3,(H,19,20)/t16-/m1/s1. The van der Waals surface area contributed by atoms with Crippen LogP contribution in [0, 0.1) is 13.8 Å². The Morgan fingerprint density at radius 3 is 2.43 bits per heavy atom. The van der Waals surface area contributed by atoms with E-state index < -0.39 is 12.1 Å². The maximum absolute atomic E-state index is 11.4. The summed E-state index contributed by atoms with van der Waals surface area (Å²) in [6, 6.07) is 12.8. The van der Waals surface area contributed by atoms with E-state index in [1.807, 2.05) is 38.1 Å². The first-order valence-electron chi connectivity index (χ1n) is 6.67. The molecule has 110 valence electrons. The second-order valence-electron chi connectivity index (χ2n) is 5.03. The Morgan fingerprint density at radius 1 is 1.19 bits per heavy atom. The molecule has 0 amide bonds. The molecule has 2 rings (SSSR count). The van der Waals surface area contributed by atoms with Crippen molar-refractivity contribution >= 4 is 17.6 Å². The predicted octanol–water partition coefficient (Wildman–Crippen LogP) is 4.03. The van der Waals surface area contributed by atoms with Gasteiger partial charge in [0.1, 0.15) is 5.75 Å². The average Bonchev–Trinajstić information content (AvgIpc) is 2.43. The molecule has 0 heterocycles. The summed E-state index contributed by atoms with van der Waals surface area (Å²) in [5.74, 6) is -0.426. The molecule has 0 radical (unpaired) electrons. The molecule has 0 aromatic heterocycles. The summed E-state index contributed by atoms with van der Waals surface area (Å²) in [5, 5.41) is 9.99. The van der Waals surface area contributed by atoms with Gasteiger partial charge in [0.05, 0.1) is 0 Å². The number of aryl methyl sites for hydroxylation is 2. The van der Waals surface area contributed by atoms with Crippen LogP contribution in [0.15, 0.2) is 42.5 Å². The Labute approximate surface area is 129 Å². The Balaban J connectivity index is 2.15. The highest BCUT2D eigenvalue weighted by molar-refractivity contribution is 6.30. The molecule has 2 aromatic rings. The molecule has 0 aliphatic rings. The molecule has 2 aromatic carbocycles. The molecular weight excluding hydrogens is 288 g/mol. The van der Waals surface area contributed by atoms with E-state index in [9.17, 15) is 9.90 Å². The minimum atomic E-state index is -0.982. The molecule has 0 saturated heterocycles. The van der Waals surface area contributed by atoms with Gasteiger partial charge in [-0.1, -0.05) is 35.4 Å². The Morgan fingerprint density at radius 2 is 1.86 bits per heavy atom. The maximum Gasteiger partial charge on any atom is 0.345 e. The minimum Gasteiger partial charge on any atom is -0.478 e. The number of carbonyl (C=O) groups is 1. The zero-order valence-electron chi connectivity index (χ0n) is 12.0. The summed E-state index contributed by atoms with van der Waals surface area (Å²) in [4.78, 5) is 11.4. The van der Waals surface area contributed by atoms with E-state index in [0.717, 1.165) is 16.7 Å². The predicted molar refractivity (Wildman–Crippen MR) is 83.1 cm³/mol. The van der Waals surface area contributed by atoms with Gasteiger partial charge in [0.25, 0.3) is 0 Å². The van der Waals surface area contributed by atoms with Gasteiger partial charge in [-0.05, 0) is 49.2 Å². The summed E-state index contributed by atoms with van der Waals surface area (Å²) < 4.78 is 5.59. The SMILES string of the molecule is Cc1ccc(O[C@H](Cc2ccc(Cl)cc2C)C(=O)O)cc1. The molecule has 0 fully saturated rings. The van der Waals surface area contributed by atoms with Gasteiger partial charge in [-0.25, -0.2) is 4.79 Å². The number of hydrogen-bond donors (Lipinski definition) is 1. The lowest BCUT2D eigenvalue weighted by Gasteiger charge is -2.16. The van der Waals surface area contributed by atoms with E-state index in [4.69, 9.17) is 16.3 Å². The molecule has 1 N–H and O–H groups in total. The van der Waals surface area contributed by atoms with Gasteiger partial charge in [-0.3, -0.25) is 0 Å². The van der Waals surface area contributed by atoms with Crippen LogP contribution in [0.1, 0.15) is 16.7 Å². The molecule has 1 atom stereocenters. The molecule has 3 nitrogen and oxygen atoms in total. The first kappa shape index (κ1) is 15.4. The van der Waals surface area contributed by atoms with Crippen LogP contribution < -0.4 is 4.74 Å². The number of hydrogen-bond acceptors (Lipinski definition) is 2. The monoisotopic (exact) mass is 304 g/mol. The molecule has 0 spiro atoms. The lowest BCUT2D eigenvalue weighted by Crippen LogP contribution is -2.29. The number of halogens is 1. The fraction of sp³-hybridized carbons (Fsp3) is 0.235. The van der Waals surface area contributed by atoms with Gasteiger partial charge in [0.15, 0.2) is 6.10 Å². The fourth-order valence-corrected chi connectivity index (χ4v) is 2.28. The van der Waals surface area contributed by atoms with Crippen LogP contribution in [0.5, 0.6) is 5.75 Å². The Hall–Kier alpha value is -2.00. The van der Waals surface area contributed by atoms with Gasteiger partial charge in [0, 0.05) is 11.4 Å². The van der Waals surface area contributed by atoms with Crippen LogP contribution in [0.4, 0.5) is 0 Å². The van der Waals surface area contributed by atoms with Crippen molar-refractivity contribution in [3.63, 3.8) is 0 Å². The lowest BCUT2D eigenvalue weighted by molar-refractivity contribution is -0.145. The highest BCUT2D eigenvalue weighted by Crippen LogP contribution is 2.20. The highest BCUT2D eigenvalue weighted by Gasteiger charge is 2.21. The van der Waals surface area contributed by atoms with E-state index in [2.05, 4.69) is 0 Å². The summed E-state index contributed by atoms with van der Waals surface area (Å²) in [6.07, 6.45) is -0.626. The minimum absolute atomic E-state index is 0.298. The number of aliphatic carboxylic acids is 1. The van der Waals surface area contributed by atoms with Crippen LogP contribution in [-0.4, -0.2) is 17.2 Å². The summed E-state index contributed by atoms with van der Waals surface area (Å²) in [7, 11) is 0. The normalized spacial score (nSPS) is 12.0.